The summed E-state index contributed by atoms with van der Waals surface area (Å²) in [5.41, 5.74) is 0. The third kappa shape index (κ3) is 10.3. The van der Waals surface area contributed by atoms with Crippen LogP contribution in [0.3, 0.4) is 0 Å². The van der Waals surface area contributed by atoms with Crippen LogP contribution >= 0.6 is 22.9 Å². The molecule has 0 saturated carbocycles. The zero-order valence-corrected chi connectivity index (χ0v) is 9.59. The van der Waals surface area contributed by atoms with Crippen LogP contribution in [0.5, 0.6) is 0 Å². The third-order valence-electron chi connectivity index (χ3n) is 1.37. The minimum atomic E-state index is 0.101. The Labute approximate surface area is 87.7 Å². The highest BCUT2D eigenvalue weighted by atomic mass is 127. The van der Waals surface area contributed by atoms with E-state index in [1.807, 2.05) is 0 Å². The van der Waals surface area contributed by atoms with Gasteiger partial charge in [0.25, 0.3) is 0 Å². The number of ether oxygens (including phenoxy) is 1. The predicted molar refractivity (Wildman–Crippen MR) is 57.4 cm³/mol. The van der Waals surface area contributed by atoms with E-state index in [2.05, 4.69) is 26.4 Å². The summed E-state index contributed by atoms with van der Waals surface area (Å²) in [4.78, 5) is 10.4. The van der Waals surface area contributed by atoms with Crippen molar-refractivity contribution in [3.63, 3.8) is 0 Å². The molecule has 12 heavy (non-hydrogen) atoms. The van der Waals surface area contributed by atoms with E-state index >= 15 is 0 Å². The van der Waals surface area contributed by atoms with Gasteiger partial charge in [0, 0.05) is 36.0 Å². The van der Waals surface area contributed by atoms with Crippen molar-refractivity contribution in [1.29, 1.82) is 0 Å². The summed E-state index contributed by atoms with van der Waals surface area (Å²) in [6.45, 7) is 3.57. The van der Waals surface area contributed by atoms with Crippen molar-refractivity contribution in [2.45, 2.75) is 26.2 Å². The van der Waals surface area contributed by atoms with Crippen LogP contribution < -0.4 is 3.53 Å². The first-order chi connectivity index (χ1) is 5.77. The molecule has 0 aliphatic rings. The highest BCUT2D eigenvalue weighted by molar-refractivity contribution is 14.1. The molecule has 0 aliphatic heterocycles. The fourth-order valence-electron chi connectivity index (χ4n) is 0.789. The maximum absolute atomic E-state index is 10.4. The van der Waals surface area contributed by atoms with Gasteiger partial charge in [-0.15, -0.1) is 0 Å². The number of ketones is 1. The topological polar surface area (TPSA) is 38.3 Å². The SMILES string of the molecule is CC(=O)COCCCCCNI. The molecule has 72 valence electrons. The van der Waals surface area contributed by atoms with E-state index in [-0.39, 0.29) is 12.4 Å². The number of rotatable bonds is 8. The quantitative estimate of drug-likeness (QED) is 0.419. The molecule has 0 heterocycles. The van der Waals surface area contributed by atoms with Gasteiger partial charge in [-0.05, 0) is 26.2 Å². The summed E-state index contributed by atoms with van der Waals surface area (Å²) < 4.78 is 8.16. The van der Waals surface area contributed by atoms with Crippen LogP contribution in [0.1, 0.15) is 26.2 Å². The minimum Gasteiger partial charge on any atom is -0.374 e. The maximum atomic E-state index is 10.4. The smallest absolute Gasteiger partial charge is 0.155 e. The van der Waals surface area contributed by atoms with E-state index in [9.17, 15) is 4.79 Å². The van der Waals surface area contributed by atoms with Crippen LogP contribution in [-0.4, -0.2) is 25.5 Å². The van der Waals surface area contributed by atoms with Crippen LogP contribution in [-0.2, 0) is 9.53 Å². The summed E-state index contributed by atoms with van der Waals surface area (Å²) in [7, 11) is 0. The normalized spacial score (nSPS) is 10.2. The lowest BCUT2D eigenvalue weighted by atomic mass is 10.2. The van der Waals surface area contributed by atoms with Crippen LogP contribution in [0.2, 0.25) is 0 Å². The van der Waals surface area contributed by atoms with Gasteiger partial charge in [0.1, 0.15) is 6.61 Å². The van der Waals surface area contributed by atoms with Gasteiger partial charge >= 0.3 is 0 Å². The van der Waals surface area contributed by atoms with Crippen molar-refractivity contribution >= 4 is 28.6 Å². The molecule has 0 fully saturated rings. The number of Topliss-reactive ketones (excluding diaryl/α,β-unsaturated/α-hetero) is 1. The zero-order valence-electron chi connectivity index (χ0n) is 7.44. The first kappa shape index (κ1) is 12.3. The highest BCUT2D eigenvalue weighted by Gasteiger charge is 1.92. The second kappa shape index (κ2) is 9.41. The third-order valence-corrected chi connectivity index (χ3v) is 1.90. The molecule has 0 radical (unpaired) electrons. The summed E-state index contributed by atoms with van der Waals surface area (Å²) in [6, 6.07) is 0. The van der Waals surface area contributed by atoms with Gasteiger partial charge in [0.2, 0.25) is 0 Å². The molecule has 0 aliphatic carbocycles. The van der Waals surface area contributed by atoms with Gasteiger partial charge in [-0.1, -0.05) is 0 Å². The van der Waals surface area contributed by atoms with Crippen molar-refractivity contribution in [1.82, 2.24) is 3.53 Å². The Hall–Kier alpha value is 0.320. The van der Waals surface area contributed by atoms with E-state index in [0.717, 1.165) is 19.4 Å². The molecule has 0 saturated heterocycles. The molecule has 0 bridgehead atoms. The van der Waals surface area contributed by atoms with Crippen LogP contribution in [0.4, 0.5) is 0 Å². The zero-order chi connectivity index (χ0) is 9.23. The van der Waals surface area contributed by atoms with E-state index < -0.39 is 0 Å². The molecule has 0 amide bonds. The van der Waals surface area contributed by atoms with Gasteiger partial charge < -0.3 is 4.74 Å². The molecular weight excluding hydrogens is 269 g/mol. The maximum Gasteiger partial charge on any atom is 0.155 e. The Bertz CT molecular complexity index is 120. The molecule has 0 atom stereocenters. The van der Waals surface area contributed by atoms with Crippen molar-refractivity contribution < 1.29 is 9.53 Å². The fourth-order valence-corrected chi connectivity index (χ4v) is 1.17. The van der Waals surface area contributed by atoms with Crippen molar-refractivity contribution in [3.05, 3.63) is 0 Å². The first-order valence-corrected chi connectivity index (χ1v) is 5.26. The standard InChI is InChI=1S/C8H16INO2/c1-8(11)7-12-6-4-2-3-5-10-9/h10H,2-7H2,1H3. The highest BCUT2D eigenvalue weighted by Crippen LogP contribution is 1.95. The molecule has 0 aromatic heterocycles. The fraction of sp³-hybridized carbons (Fsp3) is 0.875. The van der Waals surface area contributed by atoms with Crippen molar-refractivity contribution in [2.24, 2.45) is 0 Å². The van der Waals surface area contributed by atoms with Gasteiger partial charge in [0.15, 0.2) is 5.78 Å². The lowest BCUT2D eigenvalue weighted by molar-refractivity contribution is -0.121. The molecule has 1 N–H and O–H groups in total. The summed E-state index contributed by atoms with van der Waals surface area (Å²) in [5.74, 6) is 0.101. The lowest BCUT2D eigenvalue weighted by Gasteiger charge is -2.01. The number of halogens is 1. The van der Waals surface area contributed by atoms with Crippen molar-refractivity contribution in [3.8, 4) is 0 Å². The predicted octanol–water partition coefficient (Wildman–Crippen LogP) is 1.70. The molecule has 0 spiro atoms. The number of carbonyl (C=O) groups excluding carboxylic acids is 1. The number of nitrogens with one attached hydrogen (secondary N) is 1. The first-order valence-electron chi connectivity index (χ1n) is 4.18. The molecule has 3 nitrogen and oxygen atoms in total. The number of hydrogen-bond acceptors (Lipinski definition) is 3. The Kier molecular flexibility index (Phi) is 9.66. The molecule has 4 heteroatoms. The van der Waals surface area contributed by atoms with E-state index in [1.165, 1.54) is 6.42 Å². The van der Waals surface area contributed by atoms with E-state index in [4.69, 9.17) is 4.74 Å². The Morgan fingerprint density at radius 3 is 2.75 bits per heavy atom. The molecule has 0 rings (SSSR count). The number of unbranched alkanes of at least 4 members (excludes halogenated alkanes) is 2. The van der Waals surface area contributed by atoms with Gasteiger partial charge in [-0.3, -0.25) is 8.32 Å². The number of carbonyl (C=O) groups is 1. The van der Waals surface area contributed by atoms with E-state index in [0.29, 0.717) is 6.61 Å². The Balaban J connectivity index is 2.86. The van der Waals surface area contributed by atoms with E-state index in [1.54, 1.807) is 6.92 Å². The molecule has 0 aromatic rings. The second-order valence-corrected chi connectivity index (χ2v) is 3.46. The minimum absolute atomic E-state index is 0.101. The monoisotopic (exact) mass is 285 g/mol. The lowest BCUT2D eigenvalue weighted by Crippen LogP contribution is -2.05. The molecule has 0 aromatic carbocycles. The molecular formula is C8H16INO2. The summed E-state index contributed by atoms with van der Waals surface area (Å²) >= 11 is 2.14. The van der Waals surface area contributed by atoms with Crippen LogP contribution in [0.15, 0.2) is 0 Å². The van der Waals surface area contributed by atoms with Crippen LogP contribution in [0, 0.1) is 0 Å². The van der Waals surface area contributed by atoms with Gasteiger partial charge in [-0.25, -0.2) is 0 Å². The number of hydrogen-bond donors (Lipinski definition) is 1. The van der Waals surface area contributed by atoms with Crippen molar-refractivity contribution in [2.75, 3.05) is 19.8 Å². The Morgan fingerprint density at radius 2 is 2.17 bits per heavy atom. The van der Waals surface area contributed by atoms with Gasteiger partial charge in [-0.2, -0.15) is 0 Å². The summed E-state index contributed by atoms with van der Waals surface area (Å²) in [6.07, 6.45) is 3.38. The van der Waals surface area contributed by atoms with Crippen LogP contribution in [0.25, 0.3) is 0 Å². The average Bonchev–Trinajstić information content (AvgIpc) is 2.02. The molecule has 0 unspecified atom stereocenters. The average molecular weight is 285 g/mol. The second-order valence-electron chi connectivity index (χ2n) is 2.70. The van der Waals surface area contributed by atoms with Gasteiger partial charge in [0.05, 0.1) is 0 Å². The summed E-state index contributed by atoms with van der Waals surface area (Å²) in [5, 5.41) is 0. The largest absolute Gasteiger partial charge is 0.374 e. The Morgan fingerprint density at radius 1 is 1.42 bits per heavy atom.